The molecular weight excluding hydrogens is 333 g/mol. The monoisotopic (exact) mass is 356 g/mol. The molecule has 1 aromatic rings. The first-order chi connectivity index (χ1) is 11.8. The number of carbonyl (C=O) groups excluding carboxylic acids is 1. The molecule has 0 saturated heterocycles. The number of hydrogen-bond acceptors (Lipinski definition) is 3. The van der Waals surface area contributed by atoms with Crippen LogP contribution >= 0.6 is 0 Å². The van der Waals surface area contributed by atoms with Gasteiger partial charge in [0.05, 0.1) is 6.42 Å². The van der Waals surface area contributed by atoms with Crippen molar-refractivity contribution in [2.24, 2.45) is 5.10 Å². The summed E-state index contributed by atoms with van der Waals surface area (Å²) in [6.45, 7) is 2.04. The molecule has 25 heavy (non-hydrogen) atoms. The van der Waals surface area contributed by atoms with E-state index in [-0.39, 0.29) is 17.1 Å². The third kappa shape index (κ3) is 4.60. The Balaban J connectivity index is 2.14. The fourth-order valence-electron chi connectivity index (χ4n) is 2.84. The summed E-state index contributed by atoms with van der Waals surface area (Å²) in [5, 5.41) is 14.2. The topological polar surface area (TPSA) is 52.9 Å². The molecule has 1 aromatic carbocycles. The third-order valence-electron chi connectivity index (χ3n) is 4.25. The molecule has 1 atom stereocenters. The molecule has 0 radical (unpaired) electrons. The zero-order chi connectivity index (χ0) is 18.5. The second-order valence-electron chi connectivity index (χ2n) is 6.34. The van der Waals surface area contributed by atoms with Gasteiger partial charge in [-0.3, -0.25) is 4.79 Å². The largest absolute Gasteiger partial charge is 0.438 e. The Morgan fingerprint density at radius 3 is 2.52 bits per heavy atom. The molecule has 0 saturated carbocycles. The quantitative estimate of drug-likeness (QED) is 0.750. The molecule has 0 aliphatic carbocycles. The van der Waals surface area contributed by atoms with Crippen LogP contribution in [0.4, 0.5) is 13.2 Å². The summed E-state index contributed by atoms with van der Waals surface area (Å²) in [6.07, 6.45) is -1.94. The second-order valence-corrected chi connectivity index (χ2v) is 6.34. The maximum absolute atomic E-state index is 13.4. The number of unbranched alkanes of at least 4 members (excludes halogenated alkanes) is 3. The lowest BCUT2D eigenvalue weighted by atomic mass is 10.0. The predicted octanol–water partition coefficient (Wildman–Crippen LogP) is 4.04. The van der Waals surface area contributed by atoms with Crippen molar-refractivity contribution in [3.05, 3.63) is 35.9 Å². The maximum Gasteiger partial charge on any atom is 0.438 e. The number of alkyl halides is 3. The van der Waals surface area contributed by atoms with Crippen molar-refractivity contribution in [2.45, 2.75) is 63.8 Å². The van der Waals surface area contributed by atoms with E-state index in [2.05, 4.69) is 5.10 Å². The van der Waals surface area contributed by atoms with Gasteiger partial charge in [-0.25, -0.2) is 0 Å². The van der Waals surface area contributed by atoms with Crippen molar-refractivity contribution in [1.29, 1.82) is 0 Å². The van der Waals surface area contributed by atoms with Gasteiger partial charge in [-0.1, -0.05) is 56.5 Å². The van der Waals surface area contributed by atoms with Crippen LogP contribution in [0.2, 0.25) is 0 Å². The van der Waals surface area contributed by atoms with E-state index in [4.69, 9.17) is 0 Å². The van der Waals surface area contributed by atoms with Crippen LogP contribution in [-0.2, 0) is 11.2 Å². The molecule has 0 unspecified atom stereocenters. The van der Waals surface area contributed by atoms with Crippen LogP contribution in [0.3, 0.4) is 0 Å². The van der Waals surface area contributed by atoms with Crippen molar-refractivity contribution in [3.8, 4) is 0 Å². The van der Waals surface area contributed by atoms with Crippen molar-refractivity contribution in [1.82, 2.24) is 5.01 Å². The molecule has 1 amide bonds. The number of benzene rings is 1. The van der Waals surface area contributed by atoms with Crippen LogP contribution in [0, 0.1) is 0 Å². The standard InChI is InChI=1S/C18H23F3N2O2/c1-2-3-4-8-11-15-13-17(25,18(19,20)21)23(22-15)16(24)12-14-9-6-5-7-10-14/h5-7,9-10,25H,2-4,8,11-13H2,1H3/t17-/m1/s1. The lowest BCUT2D eigenvalue weighted by Gasteiger charge is -2.32. The molecule has 0 fully saturated rings. The van der Waals surface area contributed by atoms with E-state index in [0.29, 0.717) is 18.4 Å². The van der Waals surface area contributed by atoms with Crippen LogP contribution in [0.25, 0.3) is 0 Å². The molecule has 1 aliphatic rings. The fraction of sp³-hybridized carbons (Fsp3) is 0.556. The molecule has 138 valence electrons. The maximum atomic E-state index is 13.4. The van der Waals surface area contributed by atoms with Gasteiger partial charge in [-0.05, 0) is 18.4 Å². The first kappa shape index (κ1) is 19.4. The Kier molecular flexibility index (Phi) is 6.21. The number of hydrazone groups is 1. The van der Waals surface area contributed by atoms with Crippen molar-refractivity contribution in [2.75, 3.05) is 0 Å². The SMILES string of the molecule is CCCCCCC1=NN(C(=O)Cc2ccccc2)[C@](O)(C(F)(F)F)C1. The van der Waals surface area contributed by atoms with Gasteiger partial charge in [0.15, 0.2) is 0 Å². The summed E-state index contributed by atoms with van der Waals surface area (Å²) < 4.78 is 40.2. The highest BCUT2D eigenvalue weighted by atomic mass is 19.4. The molecule has 0 bridgehead atoms. The van der Waals surface area contributed by atoms with Crippen molar-refractivity contribution in [3.63, 3.8) is 0 Å². The van der Waals surface area contributed by atoms with Gasteiger partial charge in [0, 0.05) is 12.1 Å². The number of rotatable bonds is 7. The van der Waals surface area contributed by atoms with Gasteiger partial charge >= 0.3 is 6.18 Å². The van der Waals surface area contributed by atoms with Gasteiger partial charge < -0.3 is 5.11 Å². The second kappa shape index (κ2) is 7.99. The van der Waals surface area contributed by atoms with E-state index in [1.165, 1.54) is 0 Å². The first-order valence-corrected chi connectivity index (χ1v) is 8.50. The minimum atomic E-state index is -4.96. The van der Waals surface area contributed by atoms with Crippen LogP contribution < -0.4 is 0 Å². The summed E-state index contributed by atoms with van der Waals surface area (Å²) >= 11 is 0. The van der Waals surface area contributed by atoms with Crippen molar-refractivity contribution >= 4 is 11.6 Å². The minimum absolute atomic E-state index is 0.220. The Morgan fingerprint density at radius 1 is 1.24 bits per heavy atom. The number of aliphatic hydroxyl groups is 1. The van der Waals surface area contributed by atoms with E-state index in [1.54, 1.807) is 30.3 Å². The van der Waals surface area contributed by atoms with Gasteiger partial charge in [0.1, 0.15) is 0 Å². The van der Waals surface area contributed by atoms with Crippen molar-refractivity contribution < 1.29 is 23.1 Å². The lowest BCUT2D eigenvalue weighted by molar-refractivity contribution is -0.302. The summed E-state index contributed by atoms with van der Waals surface area (Å²) in [5.41, 5.74) is -2.46. The summed E-state index contributed by atoms with van der Waals surface area (Å²) in [7, 11) is 0. The molecule has 0 spiro atoms. The number of hydrogen-bond donors (Lipinski definition) is 1. The molecule has 7 heteroatoms. The van der Waals surface area contributed by atoms with Gasteiger partial charge in [0.25, 0.3) is 5.72 Å². The average molecular weight is 356 g/mol. The molecule has 1 heterocycles. The normalized spacial score (nSPS) is 20.7. The average Bonchev–Trinajstić information content (AvgIpc) is 2.91. The number of nitrogens with zero attached hydrogens (tertiary/aromatic N) is 2. The van der Waals surface area contributed by atoms with Gasteiger partial charge in [0.2, 0.25) is 5.91 Å². The minimum Gasteiger partial charge on any atom is -0.362 e. The van der Waals surface area contributed by atoms with Crippen LogP contribution in [-0.4, -0.2) is 33.6 Å². The van der Waals surface area contributed by atoms with Crippen LogP contribution in [0.1, 0.15) is 51.0 Å². The fourth-order valence-corrected chi connectivity index (χ4v) is 2.84. The van der Waals surface area contributed by atoms with Crippen LogP contribution in [0.15, 0.2) is 35.4 Å². The Hall–Kier alpha value is -1.89. The smallest absolute Gasteiger partial charge is 0.362 e. The molecule has 1 N–H and O–H groups in total. The molecule has 2 rings (SSSR count). The summed E-state index contributed by atoms with van der Waals surface area (Å²) in [6, 6.07) is 8.45. The van der Waals surface area contributed by atoms with E-state index >= 15 is 0 Å². The number of halogens is 3. The van der Waals surface area contributed by atoms with E-state index < -0.39 is 24.2 Å². The molecule has 0 aromatic heterocycles. The Bertz CT molecular complexity index is 616. The van der Waals surface area contributed by atoms with E-state index in [9.17, 15) is 23.1 Å². The van der Waals surface area contributed by atoms with E-state index in [1.807, 2.05) is 6.92 Å². The van der Waals surface area contributed by atoms with E-state index in [0.717, 1.165) is 19.3 Å². The third-order valence-corrected chi connectivity index (χ3v) is 4.25. The summed E-state index contributed by atoms with van der Waals surface area (Å²) in [4.78, 5) is 12.4. The highest BCUT2D eigenvalue weighted by Crippen LogP contribution is 2.41. The Morgan fingerprint density at radius 2 is 1.92 bits per heavy atom. The summed E-state index contributed by atoms with van der Waals surface area (Å²) in [5.74, 6) is -0.866. The Labute approximate surface area is 145 Å². The molecule has 1 aliphatic heterocycles. The van der Waals surface area contributed by atoms with Crippen LogP contribution in [0.5, 0.6) is 0 Å². The highest BCUT2D eigenvalue weighted by molar-refractivity contribution is 5.91. The highest BCUT2D eigenvalue weighted by Gasteiger charge is 2.62. The van der Waals surface area contributed by atoms with Gasteiger partial charge in [-0.2, -0.15) is 23.3 Å². The first-order valence-electron chi connectivity index (χ1n) is 8.50. The molecule has 4 nitrogen and oxygen atoms in total. The zero-order valence-corrected chi connectivity index (χ0v) is 14.2. The predicted molar refractivity (Wildman–Crippen MR) is 88.8 cm³/mol. The number of carbonyl (C=O) groups is 1. The number of amides is 1. The lowest BCUT2D eigenvalue weighted by Crippen LogP contribution is -2.57. The van der Waals surface area contributed by atoms with Gasteiger partial charge in [-0.15, -0.1) is 0 Å². The molecular formula is C18H23F3N2O2. The zero-order valence-electron chi connectivity index (χ0n) is 14.2.